The average Bonchev–Trinajstić information content (AvgIpc) is 2.60. The molecule has 0 aromatic heterocycles. The van der Waals surface area contributed by atoms with Crippen LogP contribution < -0.4 is 10.6 Å². The topological polar surface area (TPSA) is 95.7 Å². The van der Waals surface area contributed by atoms with Gasteiger partial charge in [0.25, 0.3) is 0 Å². The molecule has 2 N–H and O–H groups in total. The maximum Gasteiger partial charge on any atom is 0.346 e. The van der Waals surface area contributed by atoms with Crippen LogP contribution >= 0.6 is 0 Å². The van der Waals surface area contributed by atoms with Gasteiger partial charge in [-0.3, -0.25) is 0 Å². The van der Waals surface area contributed by atoms with E-state index in [4.69, 9.17) is 10.6 Å². The van der Waals surface area contributed by atoms with Crippen LogP contribution in [0.25, 0.3) is 0 Å². The molecule has 0 amide bonds. The summed E-state index contributed by atoms with van der Waals surface area (Å²) in [7, 11) is -2.53. The molecule has 0 saturated carbocycles. The number of sulfone groups is 1. The molecule has 1 aromatic carbocycles. The molecule has 0 bridgehead atoms. The SMILES string of the molecule is C=CCC(CCCCC)(C(=O)ON)S(=O)(=O)c1ccc(OC)cc1. The predicted octanol–water partition coefficient (Wildman–Crippen LogP) is 2.78. The zero-order valence-electron chi connectivity index (χ0n) is 14.2. The van der Waals surface area contributed by atoms with E-state index in [1.54, 1.807) is 0 Å². The Morgan fingerprint density at radius 1 is 1.29 bits per heavy atom. The highest BCUT2D eigenvalue weighted by Gasteiger charge is 2.51. The minimum absolute atomic E-state index is 0.0204. The van der Waals surface area contributed by atoms with E-state index < -0.39 is 20.6 Å². The quantitative estimate of drug-likeness (QED) is 0.394. The van der Waals surface area contributed by atoms with Crippen LogP contribution in [0.2, 0.25) is 0 Å². The fourth-order valence-electron chi connectivity index (χ4n) is 2.62. The third-order valence-electron chi connectivity index (χ3n) is 4.02. The maximum absolute atomic E-state index is 13.2. The summed E-state index contributed by atoms with van der Waals surface area (Å²) in [6.07, 6.45) is 3.72. The van der Waals surface area contributed by atoms with Crippen molar-refractivity contribution in [1.82, 2.24) is 0 Å². The number of carbonyl (C=O) groups excluding carboxylic acids is 1. The Bertz CT molecular complexity index is 654. The lowest BCUT2D eigenvalue weighted by atomic mass is 9.97. The van der Waals surface area contributed by atoms with Crippen molar-refractivity contribution < 1.29 is 22.8 Å². The summed E-state index contributed by atoms with van der Waals surface area (Å²) in [6, 6.07) is 5.89. The van der Waals surface area contributed by atoms with Gasteiger partial charge in [0.05, 0.1) is 12.0 Å². The van der Waals surface area contributed by atoms with Gasteiger partial charge in [0.1, 0.15) is 5.75 Å². The molecular formula is C17H25NO5S. The van der Waals surface area contributed by atoms with Gasteiger partial charge in [-0.15, -0.1) is 6.58 Å². The third kappa shape index (κ3) is 3.96. The average molecular weight is 355 g/mol. The highest BCUT2D eigenvalue weighted by atomic mass is 32.2. The van der Waals surface area contributed by atoms with Gasteiger partial charge in [-0.05, 0) is 37.1 Å². The van der Waals surface area contributed by atoms with Crippen LogP contribution in [0.5, 0.6) is 5.75 Å². The molecule has 7 heteroatoms. The second kappa shape index (κ2) is 8.84. The number of hydrogen-bond donors (Lipinski definition) is 1. The second-order valence-electron chi connectivity index (χ2n) is 5.53. The molecular weight excluding hydrogens is 330 g/mol. The summed E-state index contributed by atoms with van der Waals surface area (Å²) < 4.78 is 29.7. The van der Waals surface area contributed by atoms with E-state index in [9.17, 15) is 13.2 Å². The van der Waals surface area contributed by atoms with Crippen LogP contribution in [-0.2, 0) is 19.5 Å². The van der Waals surface area contributed by atoms with Gasteiger partial charge < -0.3 is 9.57 Å². The number of ether oxygens (including phenoxy) is 1. The van der Waals surface area contributed by atoms with Crippen LogP contribution in [0.15, 0.2) is 41.8 Å². The normalized spacial score (nSPS) is 13.8. The summed E-state index contributed by atoms with van der Waals surface area (Å²) in [5.74, 6) is 4.60. The van der Waals surface area contributed by atoms with E-state index in [-0.39, 0.29) is 17.7 Å². The molecule has 24 heavy (non-hydrogen) atoms. The van der Waals surface area contributed by atoms with Gasteiger partial charge in [-0.2, -0.15) is 5.90 Å². The Labute approximate surface area is 143 Å². The molecule has 0 heterocycles. The van der Waals surface area contributed by atoms with E-state index in [0.29, 0.717) is 12.2 Å². The summed E-state index contributed by atoms with van der Waals surface area (Å²) in [5.41, 5.74) is 0. The summed E-state index contributed by atoms with van der Waals surface area (Å²) >= 11 is 0. The van der Waals surface area contributed by atoms with Gasteiger partial charge in [0.15, 0.2) is 14.6 Å². The van der Waals surface area contributed by atoms with Crippen molar-refractivity contribution >= 4 is 15.8 Å². The first-order valence-corrected chi connectivity index (χ1v) is 9.28. The minimum Gasteiger partial charge on any atom is -0.497 e. The lowest BCUT2D eigenvalue weighted by Gasteiger charge is -2.29. The third-order valence-corrected chi connectivity index (χ3v) is 6.48. The number of rotatable bonds is 10. The van der Waals surface area contributed by atoms with Gasteiger partial charge in [0, 0.05) is 0 Å². The van der Waals surface area contributed by atoms with Crippen molar-refractivity contribution in [2.24, 2.45) is 5.90 Å². The summed E-state index contributed by atoms with van der Waals surface area (Å²) in [5, 5.41) is 0. The molecule has 134 valence electrons. The van der Waals surface area contributed by atoms with Crippen molar-refractivity contribution in [2.45, 2.75) is 48.7 Å². The Hall–Kier alpha value is -1.86. The van der Waals surface area contributed by atoms with Crippen LogP contribution in [0, 0.1) is 0 Å². The van der Waals surface area contributed by atoms with E-state index in [0.717, 1.165) is 12.8 Å². The van der Waals surface area contributed by atoms with E-state index in [2.05, 4.69) is 11.4 Å². The molecule has 1 rings (SSSR count). The van der Waals surface area contributed by atoms with E-state index in [1.807, 2.05) is 6.92 Å². The largest absolute Gasteiger partial charge is 0.497 e. The zero-order valence-corrected chi connectivity index (χ0v) is 15.0. The molecule has 0 aliphatic carbocycles. The Kier molecular flexibility index (Phi) is 7.44. The standard InChI is InChI=1S/C17H25NO5S/c1-4-6-7-13-17(12-5-2,16(19)23-18)24(20,21)15-10-8-14(22-3)9-11-15/h5,8-11H,2,4,6-7,12-13,18H2,1,3H3. The molecule has 0 spiro atoms. The lowest BCUT2D eigenvalue weighted by Crippen LogP contribution is -2.48. The van der Waals surface area contributed by atoms with Crippen LogP contribution in [0.4, 0.5) is 0 Å². The molecule has 0 radical (unpaired) electrons. The number of methoxy groups -OCH3 is 1. The molecule has 0 fully saturated rings. The van der Waals surface area contributed by atoms with E-state index in [1.165, 1.54) is 37.5 Å². The minimum atomic E-state index is -4.02. The maximum atomic E-state index is 13.2. The van der Waals surface area contributed by atoms with Crippen LogP contribution in [0.3, 0.4) is 0 Å². The van der Waals surface area contributed by atoms with Gasteiger partial charge >= 0.3 is 5.97 Å². The van der Waals surface area contributed by atoms with Crippen LogP contribution in [-0.4, -0.2) is 26.2 Å². The number of carbonyl (C=O) groups is 1. The Morgan fingerprint density at radius 3 is 2.38 bits per heavy atom. The first kappa shape index (κ1) is 20.2. The van der Waals surface area contributed by atoms with Crippen molar-refractivity contribution in [1.29, 1.82) is 0 Å². The van der Waals surface area contributed by atoms with Crippen molar-refractivity contribution in [2.75, 3.05) is 7.11 Å². The molecule has 1 aromatic rings. The monoisotopic (exact) mass is 355 g/mol. The Balaban J connectivity index is 3.41. The number of allylic oxidation sites excluding steroid dienone is 1. The first-order valence-electron chi connectivity index (χ1n) is 7.80. The fourth-order valence-corrected chi connectivity index (χ4v) is 4.59. The zero-order chi connectivity index (χ0) is 18.2. The number of benzene rings is 1. The van der Waals surface area contributed by atoms with Gasteiger partial charge in [-0.1, -0.05) is 32.3 Å². The molecule has 6 nitrogen and oxygen atoms in total. The molecule has 0 saturated heterocycles. The van der Waals surface area contributed by atoms with E-state index >= 15 is 0 Å². The number of nitrogens with two attached hydrogens (primary N) is 1. The summed E-state index contributed by atoms with van der Waals surface area (Å²) in [4.78, 5) is 16.7. The predicted molar refractivity (Wildman–Crippen MR) is 92.1 cm³/mol. The highest BCUT2D eigenvalue weighted by Crippen LogP contribution is 2.36. The number of hydrogen-bond acceptors (Lipinski definition) is 6. The van der Waals surface area contributed by atoms with Crippen molar-refractivity contribution in [3.8, 4) is 5.75 Å². The van der Waals surface area contributed by atoms with Crippen LogP contribution in [0.1, 0.15) is 39.0 Å². The lowest BCUT2D eigenvalue weighted by molar-refractivity contribution is -0.147. The first-order chi connectivity index (χ1) is 11.4. The van der Waals surface area contributed by atoms with Gasteiger partial charge in [0.2, 0.25) is 0 Å². The molecule has 1 unspecified atom stereocenters. The smallest absolute Gasteiger partial charge is 0.346 e. The highest BCUT2D eigenvalue weighted by molar-refractivity contribution is 7.93. The van der Waals surface area contributed by atoms with Crippen molar-refractivity contribution in [3.63, 3.8) is 0 Å². The van der Waals surface area contributed by atoms with Crippen molar-refractivity contribution in [3.05, 3.63) is 36.9 Å². The molecule has 1 atom stereocenters. The molecule has 0 aliphatic heterocycles. The summed E-state index contributed by atoms with van der Waals surface area (Å²) in [6.45, 7) is 5.59. The number of unbranched alkanes of at least 4 members (excludes halogenated alkanes) is 2. The van der Waals surface area contributed by atoms with Gasteiger partial charge in [-0.25, -0.2) is 13.2 Å². The fraction of sp³-hybridized carbons (Fsp3) is 0.471. The Morgan fingerprint density at radius 2 is 1.92 bits per heavy atom. The molecule has 0 aliphatic rings. The second-order valence-corrected chi connectivity index (χ2v) is 7.79.